The number of halogens is 1. The zero-order valence-electron chi connectivity index (χ0n) is 12.8. The van der Waals surface area contributed by atoms with Gasteiger partial charge in [0.05, 0.1) is 4.34 Å². The van der Waals surface area contributed by atoms with Gasteiger partial charge in [0.1, 0.15) is 11.3 Å². The molecule has 1 aromatic carbocycles. The zero-order valence-corrected chi connectivity index (χ0v) is 15.2. The van der Waals surface area contributed by atoms with Crippen LogP contribution in [-0.4, -0.2) is 8.42 Å². The molecule has 0 aliphatic heterocycles. The highest BCUT2D eigenvalue weighted by Crippen LogP contribution is 2.31. The summed E-state index contributed by atoms with van der Waals surface area (Å²) in [6.07, 6.45) is 0. The van der Waals surface area contributed by atoms with Crippen LogP contribution in [0.15, 0.2) is 49.8 Å². The number of thiophene rings is 1. The molecule has 0 saturated carbocycles. The molecule has 3 rings (SSSR count). The minimum Gasteiger partial charge on any atom is -0.423 e. The Labute approximate surface area is 147 Å². The van der Waals surface area contributed by atoms with E-state index in [4.69, 9.17) is 20.2 Å². The molecular formula is C16H13ClO5S2. The van der Waals surface area contributed by atoms with Crippen LogP contribution in [0.2, 0.25) is 4.34 Å². The first-order chi connectivity index (χ1) is 11.3. The average molecular weight is 385 g/mol. The quantitative estimate of drug-likeness (QED) is 0.492. The second-order valence-corrected chi connectivity index (χ2v) is 8.92. The third kappa shape index (κ3) is 3.33. The lowest BCUT2D eigenvalue weighted by Gasteiger charge is -2.10. The van der Waals surface area contributed by atoms with Crippen LogP contribution in [-0.2, 0) is 10.1 Å². The van der Waals surface area contributed by atoms with E-state index in [0.29, 0.717) is 4.34 Å². The molecular weight excluding hydrogens is 372 g/mol. The summed E-state index contributed by atoms with van der Waals surface area (Å²) in [5.41, 5.74) is 0.625. The van der Waals surface area contributed by atoms with Gasteiger partial charge in [0.15, 0.2) is 4.21 Å². The van der Waals surface area contributed by atoms with Crippen molar-refractivity contribution < 1.29 is 17.0 Å². The largest absolute Gasteiger partial charge is 0.423 e. The molecule has 0 fully saturated rings. The van der Waals surface area contributed by atoms with Gasteiger partial charge >= 0.3 is 15.7 Å². The highest BCUT2D eigenvalue weighted by atomic mass is 35.5. The van der Waals surface area contributed by atoms with Gasteiger partial charge in [-0.3, -0.25) is 0 Å². The Kier molecular flexibility index (Phi) is 4.42. The maximum absolute atomic E-state index is 12.2. The summed E-state index contributed by atoms with van der Waals surface area (Å²) in [5.74, 6) is 0.191. The van der Waals surface area contributed by atoms with Gasteiger partial charge in [-0.15, -0.1) is 11.3 Å². The van der Waals surface area contributed by atoms with E-state index in [1.165, 1.54) is 30.3 Å². The molecule has 0 radical (unpaired) electrons. The smallest absolute Gasteiger partial charge is 0.348 e. The number of rotatable bonds is 4. The van der Waals surface area contributed by atoms with Gasteiger partial charge in [0.25, 0.3) is 0 Å². The van der Waals surface area contributed by atoms with Crippen molar-refractivity contribution in [3.8, 4) is 5.75 Å². The van der Waals surface area contributed by atoms with Gasteiger partial charge in [0.2, 0.25) is 0 Å². The molecule has 2 aromatic heterocycles. The van der Waals surface area contributed by atoms with E-state index in [0.717, 1.165) is 22.3 Å². The molecule has 0 atom stereocenters. The monoisotopic (exact) mass is 384 g/mol. The standard InChI is InChI=1S/C16H13ClO5S2/c1-9(2)12-8-15(18)21-13-7-10(3-4-11(12)13)22-24(19,20)16-6-5-14(17)23-16/h3-9H,1-2H3. The molecule has 0 bridgehead atoms. The molecule has 8 heteroatoms. The highest BCUT2D eigenvalue weighted by Gasteiger charge is 2.20. The molecule has 0 aliphatic carbocycles. The topological polar surface area (TPSA) is 73.6 Å². The summed E-state index contributed by atoms with van der Waals surface area (Å²) >= 11 is 6.67. The third-order valence-electron chi connectivity index (χ3n) is 3.37. The van der Waals surface area contributed by atoms with Crippen LogP contribution in [0.4, 0.5) is 0 Å². The SMILES string of the molecule is CC(C)c1cc(=O)oc2cc(OS(=O)(=O)c3ccc(Cl)s3)ccc12. The summed E-state index contributed by atoms with van der Waals surface area (Å²) in [4.78, 5) is 11.7. The Bertz CT molecular complexity index is 1060. The normalized spacial score (nSPS) is 12.0. The van der Waals surface area contributed by atoms with E-state index >= 15 is 0 Å². The summed E-state index contributed by atoms with van der Waals surface area (Å²) in [6.45, 7) is 3.92. The number of benzene rings is 1. The first kappa shape index (κ1) is 17.0. The van der Waals surface area contributed by atoms with E-state index in [1.807, 2.05) is 13.8 Å². The second-order valence-electron chi connectivity index (χ2n) is 5.43. The Morgan fingerprint density at radius 3 is 2.54 bits per heavy atom. The second kappa shape index (κ2) is 6.23. The van der Waals surface area contributed by atoms with Crippen LogP contribution in [0.3, 0.4) is 0 Å². The highest BCUT2D eigenvalue weighted by molar-refractivity contribution is 7.89. The molecule has 0 amide bonds. The molecule has 0 unspecified atom stereocenters. The van der Waals surface area contributed by atoms with Crippen LogP contribution < -0.4 is 9.81 Å². The van der Waals surface area contributed by atoms with Crippen molar-refractivity contribution in [2.24, 2.45) is 0 Å². The zero-order chi connectivity index (χ0) is 17.5. The van der Waals surface area contributed by atoms with E-state index in [-0.39, 0.29) is 21.5 Å². The van der Waals surface area contributed by atoms with Crippen molar-refractivity contribution in [3.05, 3.63) is 56.7 Å². The number of hydrogen-bond acceptors (Lipinski definition) is 6. The predicted molar refractivity (Wildman–Crippen MR) is 93.7 cm³/mol. The molecule has 0 aliphatic rings. The summed E-state index contributed by atoms with van der Waals surface area (Å²) in [7, 11) is -3.98. The van der Waals surface area contributed by atoms with Crippen molar-refractivity contribution in [2.45, 2.75) is 24.0 Å². The Morgan fingerprint density at radius 2 is 1.92 bits per heavy atom. The van der Waals surface area contributed by atoms with Crippen LogP contribution in [0.5, 0.6) is 5.75 Å². The minimum atomic E-state index is -3.98. The minimum absolute atomic E-state index is 0.00461. The average Bonchev–Trinajstić information content (AvgIpc) is 2.93. The maximum atomic E-state index is 12.2. The van der Waals surface area contributed by atoms with Gasteiger partial charge in [-0.25, -0.2) is 4.79 Å². The van der Waals surface area contributed by atoms with Gasteiger partial charge in [0, 0.05) is 17.5 Å². The molecule has 2 heterocycles. The summed E-state index contributed by atoms with van der Waals surface area (Å²) in [6, 6.07) is 8.91. The Hall–Kier alpha value is -1.83. The molecule has 3 aromatic rings. The van der Waals surface area contributed by atoms with Gasteiger partial charge < -0.3 is 8.60 Å². The van der Waals surface area contributed by atoms with E-state index in [9.17, 15) is 13.2 Å². The number of fused-ring (bicyclic) bond motifs is 1. The lowest BCUT2D eigenvalue weighted by molar-refractivity contribution is 0.487. The lowest BCUT2D eigenvalue weighted by Crippen LogP contribution is -2.08. The first-order valence-electron chi connectivity index (χ1n) is 7.04. The van der Waals surface area contributed by atoms with E-state index in [2.05, 4.69) is 0 Å². The van der Waals surface area contributed by atoms with Gasteiger partial charge in [-0.2, -0.15) is 8.42 Å². The lowest BCUT2D eigenvalue weighted by atomic mass is 10.00. The van der Waals surface area contributed by atoms with Crippen LogP contribution in [0.1, 0.15) is 25.3 Å². The van der Waals surface area contributed by atoms with E-state index < -0.39 is 15.7 Å². The molecule has 126 valence electrons. The number of hydrogen-bond donors (Lipinski definition) is 0. The van der Waals surface area contributed by atoms with Crippen molar-refractivity contribution in [2.75, 3.05) is 0 Å². The van der Waals surface area contributed by atoms with Crippen LogP contribution in [0, 0.1) is 0 Å². The molecule has 0 saturated heterocycles. The summed E-state index contributed by atoms with van der Waals surface area (Å²) in [5, 5.41) is 0.744. The fourth-order valence-corrected chi connectivity index (χ4v) is 4.66. The molecule has 5 nitrogen and oxygen atoms in total. The van der Waals surface area contributed by atoms with Gasteiger partial charge in [-0.05, 0) is 35.7 Å². The van der Waals surface area contributed by atoms with Crippen molar-refractivity contribution in [3.63, 3.8) is 0 Å². The summed E-state index contributed by atoms with van der Waals surface area (Å²) < 4.78 is 35.1. The molecule has 0 spiro atoms. The Balaban J connectivity index is 2.04. The molecule has 24 heavy (non-hydrogen) atoms. The van der Waals surface area contributed by atoms with Crippen molar-refractivity contribution in [1.82, 2.24) is 0 Å². The van der Waals surface area contributed by atoms with E-state index in [1.54, 1.807) is 6.07 Å². The first-order valence-corrected chi connectivity index (χ1v) is 9.64. The Morgan fingerprint density at radius 1 is 1.17 bits per heavy atom. The van der Waals surface area contributed by atoms with Gasteiger partial charge in [-0.1, -0.05) is 25.4 Å². The fraction of sp³-hybridized carbons (Fsp3) is 0.188. The molecule has 0 N–H and O–H groups in total. The maximum Gasteiger partial charge on any atom is 0.348 e. The van der Waals surface area contributed by atoms with Crippen molar-refractivity contribution >= 4 is 44.0 Å². The predicted octanol–water partition coefficient (Wildman–Crippen LogP) is 4.40. The van der Waals surface area contributed by atoms with Crippen molar-refractivity contribution in [1.29, 1.82) is 0 Å². The third-order valence-corrected chi connectivity index (χ3v) is 6.30. The fourth-order valence-electron chi connectivity index (χ4n) is 2.30. The van der Waals surface area contributed by atoms with Crippen LogP contribution in [0.25, 0.3) is 11.0 Å². The van der Waals surface area contributed by atoms with Crippen LogP contribution >= 0.6 is 22.9 Å².